The number of anilines is 1. The zero-order valence-electron chi connectivity index (χ0n) is 12.7. The largest absolute Gasteiger partial charge is 0.302 e. The molecule has 1 atom stereocenters. The zero-order chi connectivity index (χ0) is 15.4. The Balaban J connectivity index is 1.48. The van der Waals surface area contributed by atoms with Crippen LogP contribution in [0, 0.1) is 5.92 Å². The number of carbonyl (C=O) groups excluding carboxylic acids is 1. The summed E-state index contributed by atoms with van der Waals surface area (Å²) in [6.07, 6.45) is 3.87. The molecule has 0 aliphatic heterocycles. The molecule has 0 radical (unpaired) electrons. The van der Waals surface area contributed by atoms with Crippen LogP contribution >= 0.6 is 23.1 Å². The van der Waals surface area contributed by atoms with Crippen LogP contribution < -0.4 is 5.32 Å². The number of hydrogen-bond acceptors (Lipinski definition) is 4. The van der Waals surface area contributed by atoms with Crippen molar-refractivity contribution >= 4 is 34.1 Å². The molecule has 1 aliphatic carbocycles. The predicted octanol–water partition coefficient (Wildman–Crippen LogP) is 4.39. The molecular formula is C17H20N2OS2. The Kier molecular flexibility index (Phi) is 5.16. The van der Waals surface area contributed by atoms with Crippen molar-refractivity contribution in [3.8, 4) is 0 Å². The van der Waals surface area contributed by atoms with Crippen LogP contribution in [0.15, 0.2) is 35.2 Å². The highest BCUT2D eigenvalue weighted by Gasteiger charge is 2.20. The Labute approximate surface area is 139 Å². The number of rotatable bonds is 5. The van der Waals surface area contributed by atoms with Gasteiger partial charge in [-0.1, -0.05) is 25.1 Å². The molecule has 1 aromatic carbocycles. The number of thioether (sulfide) groups is 1. The monoisotopic (exact) mass is 332 g/mol. The van der Waals surface area contributed by atoms with Crippen LogP contribution in [0.2, 0.25) is 0 Å². The number of amides is 1. The molecular weight excluding hydrogens is 312 g/mol. The lowest BCUT2D eigenvalue weighted by Crippen LogP contribution is -2.12. The molecule has 116 valence electrons. The maximum Gasteiger partial charge on any atom is 0.226 e. The van der Waals surface area contributed by atoms with Crippen molar-refractivity contribution in [2.75, 3.05) is 11.1 Å². The smallest absolute Gasteiger partial charge is 0.226 e. The van der Waals surface area contributed by atoms with Gasteiger partial charge in [0.05, 0.1) is 5.69 Å². The second-order valence-electron chi connectivity index (χ2n) is 5.70. The fraction of sp³-hybridized carbons (Fsp3) is 0.412. The van der Waals surface area contributed by atoms with Crippen LogP contribution in [0.1, 0.15) is 30.3 Å². The number of aromatic nitrogens is 1. The van der Waals surface area contributed by atoms with Crippen LogP contribution in [-0.2, 0) is 17.6 Å². The molecule has 3 rings (SSSR count). The highest BCUT2D eigenvalue weighted by molar-refractivity contribution is 7.99. The van der Waals surface area contributed by atoms with Crippen LogP contribution in [-0.4, -0.2) is 16.6 Å². The van der Waals surface area contributed by atoms with E-state index in [-0.39, 0.29) is 5.91 Å². The first-order valence-corrected chi connectivity index (χ1v) is 9.47. The SMILES string of the molecule is C[C@@H]1CCc2nc(NC(=O)CCSc3ccccc3)sc2C1. The van der Waals surface area contributed by atoms with Gasteiger partial charge in [0.25, 0.3) is 0 Å². The van der Waals surface area contributed by atoms with Crippen molar-refractivity contribution in [2.24, 2.45) is 5.92 Å². The van der Waals surface area contributed by atoms with E-state index < -0.39 is 0 Å². The van der Waals surface area contributed by atoms with E-state index in [1.54, 1.807) is 23.1 Å². The van der Waals surface area contributed by atoms with Gasteiger partial charge in [-0.05, 0) is 37.3 Å². The summed E-state index contributed by atoms with van der Waals surface area (Å²) in [5.41, 5.74) is 1.19. The number of nitrogens with zero attached hydrogens (tertiary/aromatic N) is 1. The summed E-state index contributed by atoms with van der Waals surface area (Å²) in [5, 5.41) is 3.73. The number of fused-ring (bicyclic) bond motifs is 1. The normalized spacial score (nSPS) is 17.0. The Morgan fingerprint density at radius 2 is 2.23 bits per heavy atom. The van der Waals surface area contributed by atoms with Gasteiger partial charge in [0, 0.05) is 21.9 Å². The number of nitrogens with one attached hydrogen (secondary N) is 1. The van der Waals surface area contributed by atoms with Crippen molar-refractivity contribution < 1.29 is 4.79 Å². The lowest BCUT2D eigenvalue weighted by Gasteiger charge is -2.15. The summed E-state index contributed by atoms with van der Waals surface area (Å²) in [6.45, 7) is 2.28. The molecule has 1 aliphatic rings. The Hall–Kier alpha value is -1.33. The summed E-state index contributed by atoms with van der Waals surface area (Å²) in [6, 6.07) is 10.2. The zero-order valence-corrected chi connectivity index (χ0v) is 14.3. The van der Waals surface area contributed by atoms with Gasteiger partial charge in [-0.15, -0.1) is 23.1 Å². The third kappa shape index (κ3) is 4.11. The van der Waals surface area contributed by atoms with E-state index in [9.17, 15) is 4.79 Å². The van der Waals surface area contributed by atoms with Gasteiger partial charge in [0.2, 0.25) is 5.91 Å². The first-order chi connectivity index (χ1) is 10.7. The van der Waals surface area contributed by atoms with Gasteiger partial charge in [-0.2, -0.15) is 0 Å². The summed E-state index contributed by atoms with van der Waals surface area (Å²) >= 11 is 3.36. The van der Waals surface area contributed by atoms with Crippen molar-refractivity contribution in [3.63, 3.8) is 0 Å². The van der Waals surface area contributed by atoms with E-state index in [1.807, 2.05) is 18.2 Å². The van der Waals surface area contributed by atoms with Crippen molar-refractivity contribution in [3.05, 3.63) is 40.9 Å². The van der Waals surface area contributed by atoms with Gasteiger partial charge >= 0.3 is 0 Å². The molecule has 1 amide bonds. The van der Waals surface area contributed by atoms with Crippen LogP contribution in [0.25, 0.3) is 0 Å². The summed E-state index contributed by atoms with van der Waals surface area (Å²) < 4.78 is 0. The highest BCUT2D eigenvalue weighted by Crippen LogP contribution is 2.32. The van der Waals surface area contributed by atoms with Crippen molar-refractivity contribution in [1.82, 2.24) is 4.98 Å². The molecule has 0 bridgehead atoms. The number of benzene rings is 1. The predicted molar refractivity (Wildman–Crippen MR) is 93.7 cm³/mol. The Morgan fingerprint density at radius 3 is 3.05 bits per heavy atom. The lowest BCUT2D eigenvalue weighted by atomic mass is 9.93. The number of thiazole rings is 1. The van der Waals surface area contributed by atoms with Crippen LogP contribution in [0.4, 0.5) is 5.13 Å². The third-order valence-corrected chi connectivity index (χ3v) is 5.82. The Bertz CT molecular complexity index is 639. The minimum absolute atomic E-state index is 0.0579. The Morgan fingerprint density at radius 1 is 1.41 bits per heavy atom. The standard InChI is InChI=1S/C17H20N2OS2/c1-12-7-8-14-15(11-12)22-17(18-14)19-16(20)9-10-21-13-5-3-2-4-6-13/h2-6,12H,7-11H2,1H3,(H,18,19,20)/t12-/m1/s1. The molecule has 0 unspecified atom stereocenters. The molecule has 0 saturated carbocycles. The van der Waals surface area contributed by atoms with Gasteiger partial charge in [0.15, 0.2) is 5.13 Å². The third-order valence-electron chi connectivity index (χ3n) is 3.77. The quantitative estimate of drug-likeness (QED) is 0.826. The highest BCUT2D eigenvalue weighted by atomic mass is 32.2. The topological polar surface area (TPSA) is 42.0 Å². The number of carbonyl (C=O) groups is 1. The molecule has 1 N–H and O–H groups in total. The maximum absolute atomic E-state index is 12.0. The van der Waals surface area contributed by atoms with Gasteiger partial charge in [-0.3, -0.25) is 4.79 Å². The average Bonchev–Trinajstić information content (AvgIpc) is 2.89. The van der Waals surface area contributed by atoms with E-state index in [0.29, 0.717) is 6.42 Å². The van der Waals surface area contributed by atoms with Crippen molar-refractivity contribution in [1.29, 1.82) is 0 Å². The molecule has 1 heterocycles. The summed E-state index contributed by atoms with van der Waals surface area (Å²) in [7, 11) is 0. The fourth-order valence-corrected chi connectivity index (χ4v) is 4.61. The van der Waals surface area contributed by atoms with E-state index >= 15 is 0 Å². The first-order valence-electron chi connectivity index (χ1n) is 7.67. The molecule has 5 heteroatoms. The number of hydrogen-bond donors (Lipinski definition) is 1. The average molecular weight is 332 g/mol. The minimum Gasteiger partial charge on any atom is -0.302 e. The second kappa shape index (κ2) is 7.29. The van der Waals surface area contributed by atoms with Crippen molar-refractivity contribution in [2.45, 2.75) is 37.5 Å². The van der Waals surface area contributed by atoms with Gasteiger partial charge in [-0.25, -0.2) is 4.98 Å². The minimum atomic E-state index is 0.0579. The molecule has 0 saturated heterocycles. The van der Waals surface area contributed by atoms with E-state index in [2.05, 4.69) is 29.4 Å². The molecule has 3 nitrogen and oxygen atoms in total. The van der Waals surface area contributed by atoms with E-state index in [0.717, 1.165) is 29.6 Å². The fourth-order valence-electron chi connectivity index (χ4n) is 2.55. The molecule has 0 fully saturated rings. The molecule has 1 aromatic heterocycles. The van der Waals surface area contributed by atoms with Crippen LogP contribution in [0.3, 0.4) is 0 Å². The lowest BCUT2D eigenvalue weighted by molar-refractivity contribution is -0.115. The van der Waals surface area contributed by atoms with Gasteiger partial charge in [0.1, 0.15) is 0 Å². The molecule has 0 spiro atoms. The maximum atomic E-state index is 12.0. The van der Waals surface area contributed by atoms with Gasteiger partial charge < -0.3 is 5.32 Å². The number of aryl methyl sites for hydroxylation is 1. The first kappa shape index (κ1) is 15.6. The molecule has 2 aromatic rings. The van der Waals surface area contributed by atoms with E-state index in [1.165, 1.54) is 21.9 Å². The van der Waals surface area contributed by atoms with E-state index in [4.69, 9.17) is 0 Å². The summed E-state index contributed by atoms with van der Waals surface area (Å²) in [5.74, 6) is 1.58. The van der Waals surface area contributed by atoms with Crippen LogP contribution in [0.5, 0.6) is 0 Å². The molecule has 22 heavy (non-hydrogen) atoms. The summed E-state index contributed by atoms with van der Waals surface area (Å²) in [4.78, 5) is 19.2. The second-order valence-corrected chi connectivity index (χ2v) is 7.95.